The van der Waals surface area contributed by atoms with Gasteiger partial charge in [-0.05, 0) is 74.6 Å². The summed E-state index contributed by atoms with van der Waals surface area (Å²) in [5.74, 6) is 1.50. The average Bonchev–Trinajstić information content (AvgIpc) is 3.01. The van der Waals surface area contributed by atoms with E-state index in [0.717, 1.165) is 44.4 Å². The number of thioether (sulfide) groups is 1. The highest BCUT2D eigenvalue weighted by atomic mass is 32.2. The van der Waals surface area contributed by atoms with Gasteiger partial charge in [0.05, 0.1) is 33.0 Å². The van der Waals surface area contributed by atoms with Crippen molar-refractivity contribution in [2.45, 2.75) is 38.5 Å². The Balaban J connectivity index is 1.71. The zero-order valence-corrected chi connectivity index (χ0v) is 26.2. The molecule has 0 saturated carbocycles. The smallest absolute Gasteiger partial charge is 0.333 e. The molecule has 0 unspecified atom stereocenters. The van der Waals surface area contributed by atoms with Gasteiger partial charge in [0, 0.05) is 40.0 Å². The van der Waals surface area contributed by atoms with Gasteiger partial charge in [0.1, 0.15) is 17.2 Å². The lowest BCUT2D eigenvalue weighted by Gasteiger charge is -2.18. The summed E-state index contributed by atoms with van der Waals surface area (Å²) in [5.41, 5.74) is 4.77. The van der Waals surface area contributed by atoms with Gasteiger partial charge >= 0.3 is 11.9 Å². The second kappa shape index (κ2) is 17.1. The quantitative estimate of drug-likeness (QED) is 0.0665. The minimum atomic E-state index is -0.388. The molecule has 0 radical (unpaired) electrons. The highest BCUT2D eigenvalue weighted by molar-refractivity contribution is 7.98. The van der Waals surface area contributed by atoms with Gasteiger partial charge in [-0.3, -0.25) is 0 Å². The predicted octanol–water partition coefficient (Wildman–Crippen LogP) is 7.92. The number of carbonyl (C=O) groups is 2. The molecule has 0 atom stereocenters. The van der Waals surface area contributed by atoms with Crippen LogP contribution >= 0.6 is 11.8 Å². The van der Waals surface area contributed by atoms with Crippen LogP contribution in [0.3, 0.4) is 0 Å². The summed E-state index contributed by atoms with van der Waals surface area (Å²) in [6.07, 6.45) is 3.23. The molecule has 0 aliphatic carbocycles. The third-order valence-corrected chi connectivity index (χ3v) is 6.90. The topological polar surface area (TPSA) is 80.3 Å². The number of esters is 2. The number of ether oxygens (including phenoxy) is 5. The Morgan fingerprint density at radius 3 is 1.44 bits per heavy atom. The van der Waals surface area contributed by atoms with E-state index in [4.69, 9.17) is 23.7 Å². The van der Waals surface area contributed by atoms with Crippen molar-refractivity contribution in [1.29, 1.82) is 0 Å². The van der Waals surface area contributed by atoms with E-state index >= 15 is 0 Å². The van der Waals surface area contributed by atoms with Crippen molar-refractivity contribution in [3.63, 3.8) is 0 Å². The summed E-state index contributed by atoms with van der Waals surface area (Å²) in [6.45, 7) is 14.3. The number of hydrogen-bond donors (Lipinski definition) is 0. The number of carbonyl (C=O) groups excluding carboxylic acids is 2. The molecule has 228 valence electrons. The molecular weight excluding hydrogens is 564 g/mol. The van der Waals surface area contributed by atoms with Crippen molar-refractivity contribution in [3.05, 3.63) is 85.0 Å². The lowest BCUT2D eigenvalue weighted by atomic mass is 9.97. The monoisotopic (exact) mass is 604 g/mol. The Morgan fingerprint density at radius 1 is 0.674 bits per heavy atom. The largest absolute Gasteiger partial charge is 0.493 e. The van der Waals surface area contributed by atoms with Crippen LogP contribution < -0.4 is 14.2 Å². The third-order valence-electron chi connectivity index (χ3n) is 6.20. The first-order chi connectivity index (χ1) is 20.7. The molecule has 7 nitrogen and oxygen atoms in total. The minimum absolute atomic E-state index is 0.284. The molecule has 0 saturated heterocycles. The molecule has 43 heavy (non-hydrogen) atoms. The summed E-state index contributed by atoms with van der Waals surface area (Å²) >= 11 is 1.67. The molecular formula is C35H40O7S. The van der Waals surface area contributed by atoms with Crippen LogP contribution in [0.4, 0.5) is 0 Å². The molecule has 0 aliphatic rings. The van der Waals surface area contributed by atoms with Crippen LogP contribution in [0.15, 0.2) is 89.9 Å². The second-order valence-electron chi connectivity index (χ2n) is 9.77. The summed E-state index contributed by atoms with van der Waals surface area (Å²) in [5, 5.41) is 0. The summed E-state index contributed by atoms with van der Waals surface area (Å²) in [6, 6.07) is 20.1. The fourth-order valence-corrected chi connectivity index (χ4v) is 4.46. The van der Waals surface area contributed by atoms with Crippen molar-refractivity contribution >= 4 is 23.7 Å². The molecule has 0 aromatic heterocycles. The molecule has 3 rings (SSSR count). The van der Waals surface area contributed by atoms with Gasteiger partial charge in [0.15, 0.2) is 0 Å². The Labute approximate surface area is 258 Å². The lowest BCUT2D eigenvalue weighted by molar-refractivity contribution is -0.140. The summed E-state index contributed by atoms with van der Waals surface area (Å²) in [4.78, 5) is 24.1. The molecule has 0 bridgehead atoms. The number of rotatable bonds is 17. The minimum Gasteiger partial charge on any atom is -0.493 e. The standard InChI is InChI=1S/C35H40O7S/c1-7-38-33-31(26-10-14-28(15-11-26)39-18-8-20-41-34(36)24(2)3)22-30(43-6)23-32(33)27-12-16-29(17-13-27)40-19-9-21-42-35(37)25(4)5/h10-17,22-23H,2,4,7-9,18-21H2,1,3,5-6H3. The van der Waals surface area contributed by atoms with Crippen molar-refractivity contribution in [1.82, 2.24) is 0 Å². The summed E-state index contributed by atoms with van der Waals surface area (Å²) < 4.78 is 28.1. The normalized spacial score (nSPS) is 10.5. The first-order valence-electron chi connectivity index (χ1n) is 14.2. The highest BCUT2D eigenvalue weighted by Crippen LogP contribution is 2.43. The van der Waals surface area contributed by atoms with Gasteiger partial charge in [0.25, 0.3) is 0 Å². The highest BCUT2D eigenvalue weighted by Gasteiger charge is 2.16. The maximum Gasteiger partial charge on any atom is 0.333 e. The van der Waals surface area contributed by atoms with Crippen molar-refractivity contribution in [3.8, 4) is 39.5 Å². The van der Waals surface area contributed by atoms with E-state index in [9.17, 15) is 9.59 Å². The second-order valence-corrected chi connectivity index (χ2v) is 10.6. The maximum atomic E-state index is 11.5. The van der Waals surface area contributed by atoms with Gasteiger partial charge < -0.3 is 23.7 Å². The van der Waals surface area contributed by atoms with Gasteiger partial charge in [-0.1, -0.05) is 37.4 Å². The maximum absolute atomic E-state index is 11.5. The Morgan fingerprint density at radius 2 is 1.09 bits per heavy atom. The van der Waals surface area contributed by atoms with Crippen LogP contribution in [0, 0.1) is 0 Å². The van der Waals surface area contributed by atoms with Crippen molar-refractivity contribution in [2.75, 3.05) is 39.3 Å². The zero-order valence-electron chi connectivity index (χ0n) is 25.4. The van der Waals surface area contributed by atoms with Crippen LogP contribution in [0.2, 0.25) is 0 Å². The van der Waals surface area contributed by atoms with Crippen molar-refractivity contribution in [2.24, 2.45) is 0 Å². The van der Waals surface area contributed by atoms with E-state index in [1.807, 2.05) is 55.5 Å². The van der Waals surface area contributed by atoms with Crippen LogP contribution in [0.1, 0.15) is 33.6 Å². The molecule has 0 amide bonds. The number of benzene rings is 3. The van der Waals surface area contributed by atoms with E-state index < -0.39 is 0 Å². The van der Waals surface area contributed by atoms with E-state index in [0.29, 0.717) is 43.8 Å². The Hall–Kier alpha value is -4.17. The molecule has 0 N–H and O–H groups in total. The van der Waals surface area contributed by atoms with E-state index in [1.165, 1.54) is 0 Å². The molecule has 0 aliphatic heterocycles. The van der Waals surface area contributed by atoms with Crippen LogP contribution in [0.25, 0.3) is 22.3 Å². The van der Waals surface area contributed by atoms with Gasteiger partial charge in [-0.15, -0.1) is 11.8 Å². The summed E-state index contributed by atoms with van der Waals surface area (Å²) in [7, 11) is 0. The first-order valence-corrected chi connectivity index (χ1v) is 15.4. The average molecular weight is 605 g/mol. The molecule has 8 heteroatoms. The van der Waals surface area contributed by atoms with E-state index in [2.05, 4.69) is 31.5 Å². The van der Waals surface area contributed by atoms with Gasteiger partial charge in [-0.25, -0.2) is 9.59 Å². The van der Waals surface area contributed by atoms with E-state index in [-0.39, 0.29) is 25.2 Å². The molecule has 3 aromatic carbocycles. The molecule has 0 spiro atoms. The van der Waals surface area contributed by atoms with Crippen LogP contribution in [0.5, 0.6) is 17.2 Å². The zero-order chi connectivity index (χ0) is 31.2. The number of hydrogen-bond acceptors (Lipinski definition) is 8. The van der Waals surface area contributed by atoms with Crippen molar-refractivity contribution < 1.29 is 33.3 Å². The Bertz CT molecular complexity index is 1290. The van der Waals surface area contributed by atoms with E-state index in [1.54, 1.807) is 25.6 Å². The predicted molar refractivity (Wildman–Crippen MR) is 172 cm³/mol. The molecule has 3 aromatic rings. The molecule has 0 heterocycles. The SMILES string of the molecule is C=C(C)C(=O)OCCCOc1ccc(-c2cc(SC)cc(-c3ccc(OCCCOC(=O)C(=C)C)cc3)c2OCC)cc1. The van der Waals surface area contributed by atoms with Crippen LogP contribution in [-0.2, 0) is 19.1 Å². The van der Waals surface area contributed by atoms with Crippen LogP contribution in [-0.4, -0.2) is 51.2 Å². The third kappa shape index (κ3) is 10.3. The lowest BCUT2D eigenvalue weighted by Crippen LogP contribution is -2.09. The van der Waals surface area contributed by atoms with Gasteiger partial charge in [0.2, 0.25) is 0 Å². The first kappa shape index (κ1) is 33.3. The fraction of sp³-hybridized carbons (Fsp3) is 0.314. The molecule has 0 fully saturated rings. The fourth-order valence-electron chi connectivity index (χ4n) is 3.98. The van der Waals surface area contributed by atoms with Gasteiger partial charge in [-0.2, -0.15) is 0 Å². The Kier molecular flexibility index (Phi) is 13.2.